The van der Waals surface area contributed by atoms with E-state index in [-0.39, 0.29) is 0 Å². The Kier molecular flexibility index (Phi) is 2.68. The molecule has 0 saturated carbocycles. The third kappa shape index (κ3) is 1.99. The fraction of sp³-hybridized carbons (Fsp3) is 0. The lowest BCUT2D eigenvalue weighted by Crippen LogP contribution is -1.80. The number of terminal acetylenes is 1. The first-order chi connectivity index (χ1) is 7.20. The molecule has 2 aromatic rings. The molecule has 4 heteroatoms. The molecule has 2 nitrogen and oxygen atoms in total. The van der Waals surface area contributed by atoms with Crippen molar-refractivity contribution in [1.82, 2.24) is 4.98 Å². The van der Waals surface area contributed by atoms with Crippen molar-refractivity contribution in [3.8, 4) is 23.8 Å². The van der Waals surface area contributed by atoms with Gasteiger partial charge in [0.2, 0.25) is 5.89 Å². The van der Waals surface area contributed by atoms with Crippen LogP contribution in [-0.2, 0) is 0 Å². The van der Waals surface area contributed by atoms with E-state index in [4.69, 9.17) is 34.0 Å². The van der Waals surface area contributed by atoms with Gasteiger partial charge in [-0.25, -0.2) is 4.98 Å². The minimum atomic E-state index is 0.393. The van der Waals surface area contributed by atoms with E-state index in [1.54, 1.807) is 18.2 Å². The summed E-state index contributed by atoms with van der Waals surface area (Å²) in [4.78, 5) is 4.06. The van der Waals surface area contributed by atoms with Crippen molar-refractivity contribution in [2.45, 2.75) is 0 Å². The second-order valence-corrected chi connectivity index (χ2v) is 3.65. The van der Waals surface area contributed by atoms with Crippen molar-refractivity contribution in [2.75, 3.05) is 0 Å². The number of hydrogen-bond acceptors (Lipinski definition) is 2. The molecule has 2 rings (SSSR count). The molecule has 1 aromatic heterocycles. The molecule has 0 amide bonds. The van der Waals surface area contributed by atoms with Crippen LogP contribution in [-0.4, -0.2) is 4.98 Å². The van der Waals surface area contributed by atoms with Gasteiger partial charge in [0, 0.05) is 5.02 Å². The van der Waals surface area contributed by atoms with E-state index in [1.807, 2.05) is 0 Å². The molecule has 0 bridgehead atoms. The average Bonchev–Trinajstić information content (AvgIpc) is 2.66. The quantitative estimate of drug-likeness (QED) is 0.709. The van der Waals surface area contributed by atoms with E-state index in [2.05, 4.69) is 10.9 Å². The maximum absolute atomic E-state index is 5.98. The summed E-state index contributed by atoms with van der Waals surface area (Å²) in [7, 11) is 0. The van der Waals surface area contributed by atoms with E-state index in [1.165, 1.54) is 6.26 Å². The molecule has 0 spiro atoms. The zero-order valence-electron chi connectivity index (χ0n) is 7.50. The van der Waals surface area contributed by atoms with Crippen LogP contribution in [0.2, 0.25) is 10.0 Å². The summed E-state index contributed by atoms with van der Waals surface area (Å²) < 4.78 is 5.18. The zero-order valence-corrected chi connectivity index (χ0v) is 9.01. The van der Waals surface area contributed by atoms with E-state index in [0.29, 0.717) is 27.2 Å². The van der Waals surface area contributed by atoms with Crippen LogP contribution in [0.4, 0.5) is 0 Å². The van der Waals surface area contributed by atoms with Crippen molar-refractivity contribution in [3.05, 3.63) is 40.2 Å². The summed E-state index contributed by atoms with van der Waals surface area (Å²) >= 11 is 11.7. The molecule has 0 aliphatic heterocycles. The van der Waals surface area contributed by atoms with E-state index >= 15 is 0 Å². The first kappa shape index (κ1) is 10.1. The Morgan fingerprint density at radius 3 is 2.73 bits per heavy atom. The number of aromatic nitrogens is 1. The summed E-state index contributed by atoms with van der Waals surface area (Å²) in [5, 5.41) is 1.04. The summed E-state index contributed by atoms with van der Waals surface area (Å²) in [5.41, 5.74) is 1.11. The van der Waals surface area contributed by atoms with Gasteiger partial charge in [0.15, 0.2) is 5.69 Å². The fourth-order valence-electron chi connectivity index (χ4n) is 1.13. The van der Waals surface area contributed by atoms with Gasteiger partial charge in [-0.1, -0.05) is 23.2 Å². The van der Waals surface area contributed by atoms with Gasteiger partial charge >= 0.3 is 0 Å². The molecule has 0 aliphatic rings. The van der Waals surface area contributed by atoms with E-state index in [0.717, 1.165) is 0 Å². The van der Waals surface area contributed by atoms with Crippen molar-refractivity contribution in [2.24, 2.45) is 0 Å². The van der Waals surface area contributed by atoms with Crippen LogP contribution in [0.15, 0.2) is 28.9 Å². The van der Waals surface area contributed by atoms with Gasteiger partial charge in [-0.3, -0.25) is 0 Å². The number of hydrogen-bond donors (Lipinski definition) is 0. The molecular formula is C11H5Cl2NO. The van der Waals surface area contributed by atoms with Crippen LogP contribution in [0.25, 0.3) is 11.5 Å². The van der Waals surface area contributed by atoms with Crippen LogP contribution < -0.4 is 0 Å². The van der Waals surface area contributed by atoms with E-state index in [9.17, 15) is 0 Å². The fourth-order valence-corrected chi connectivity index (χ4v) is 1.62. The Balaban J connectivity index is 2.50. The van der Waals surface area contributed by atoms with Gasteiger partial charge in [-0.05, 0) is 24.1 Å². The Morgan fingerprint density at radius 2 is 2.13 bits per heavy atom. The SMILES string of the molecule is C#Cc1coc(-c2ccc(Cl)cc2Cl)n1. The highest BCUT2D eigenvalue weighted by molar-refractivity contribution is 6.36. The van der Waals surface area contributed by atoms with Gasteiger partial charge in [-0.2, -0.15) is 0 Å². The molecular weight excluding hydrogens is 233 g/mol. The third-order valence-corrected chi connectivity index (χ3v) is 2.36. The highest BCUT2D eigenvalue weighted by Gasteiger charge is 2.09. The molecule has 0 unspecified atom stereocenters. The summed E-state index contributed by atoms with van der Waals surface area (Å²) in [6, 6.07) is 5.07. The van der Waals surface area contributed by atoms with Crippen molar-refractivity contribution >= 4 is 23.2 Å². The van der Waals surface area contributed by atoms with Crippen LogP contribution in [0.1, 0.15) is 5.69 Å². The highest BCUT2D eigenvalue weighted by atomic mass is 35.5. The maximum Gasteiger partial charge on any atom is 0.228 e. The topological polar surface area (TPSA) is 26.0 Å². The smallest absolute Gasteiger partial charge is 0.228 e. The van der Waals surface area contributed by atoms with Gasteiger partial charge in [0.25, 0.3) is 0 Å². The number of nitrogens with zero attached hydrogens (tertiary/aromatic N) is 1. The Hall–Kier alpha value is -1.43. The molecule has 0 N–H and O–H groups in total. The lowest BCUT2D eigenvalue weighted by atomic mass is 10.2. The van der Waals surface area contributed by atoms with Gasteiger partial charge in [0.05, 0.1) is 10.6 Å². The predicted octanol–water partition coefficient (Wildman–Crippen LogP) is 3.63. The average molecular weight is 238 g/mol. The van der Waals surface area contributed by atoms with Gasteiger partial charge < -0.3 is 4.42 Å². The molecule has 15 heavy (non-hydrogen) atoms. The molecule has 0 saturated heterocycles. The molecule has 0 aliphatic carbocycles. The maximum atomic E-state index is 5.98. The van der Waals surface area contributed by atoms with Crippen LogP contribution in [0.3, 0.4) is 0 Å². The Bertz CT molecular complexity index is 540. The second kappa shape index (κ2) is 3.98. The minimum absolute atomic E-state index is 0.393. The van der Waals surface area contributed by atoms with Crippen LogP contribution in [0.5, 0.6) is 0 Å². The molecule has 74 valence electrons. The van der Waals surface area contributed by atoms with E-state index < -0.39 is 0 Å². The highest BCUT2D eigenvalue weighted by Crippen LogP contribution is 2.29. The molecule has 1 aromatic carbocycles. The van der Waals surface area contributed by atoms with Crippen molar-refractivity contribution < 1.29 is 4.42 Å². The van der Waals surface area contributed by atoms with Gasteiger partial charge in [0.1, 0.15) is 6.26 Å². The monoisotopic (exact) mass is 237 g/mol. The number of benzene rings is 1. The summed E-state index contributed by atoms with van der Waals surface area (Å²) in [6.07, 6.45) is 6.58. The molecule has 0 fully saturated rings. The molecule has 0 atom stereocenters. The predicted molar refractivity (Wildman–Crippen MR) is 59.9 cm³/mol. The number of oxazole rings is 1. The first-order valence-electron chi connectivity index (χ1n) is 4.08. The first-order valence-corrected chi connectivity index (χ1v) is 4.84. The standard InChI is InChI=1S/C11H5Cl2NO/c1-2-8-6-15-11(14-8)9-4-3-7(12)5-10(9)13/h1,3-6H. The number of rotatable bonds is 1. The Labute approximate surface area is 96.8 Å². The minimum Gasteiger partial charge on any atom is -0.443 e. The summed E-state index contributed by atoms with van der Waals surface area (Å²) in [5.74, 6) is 2.77. The second-order valence-electron chi connectivity index (χ2n) is 2.81. The Morgan fingerprint density at radius 1 is 1.33 bits per heavy atom. The van der Waals surface area contributed by atoms with Crippen molar-refractivity contribution in [3.63, 3.8) is 0 Å². The largest absolute Gasteiger partial charge is 0.443 e. The molecule has 1 heterocycles. The number of halogens is 2. The third-order valence-electron chi connectivity index (χ3n) is 1.81. The molecule has 0 radical (unpaired) electrons. The lowest BCUT2D eigenvalue weighted by Gasteiger charge is -1.98. The normalized spacial score (nSPS) is 9.93. The van der Waals surface area contributed by atoms with Crippen LogP contribution in [0, 0.1) is 12.3 Å². The van der Waals surface area contributed by atoms with Crippen LogP contribution >= 0.6 is 23.2 Å². The summed E-state index contributed by atoms with van der Waals surface area (Å²) in [6.45, 7) is 0. The van der Waals surface area contributed by atoms with Gasteiger partial charge in [-0.15, -0.1) is 6.42 Å². The zero-order chi connectivity index (χ0) is 10.8. The lowest BCUT2D eigenvalue weighted by molar-refractivity contribution is 0.574. The van der Waals surface area contributed by atoms with Crippen molar-refractivity contribution in [1.29, 1.82) is 0 Å².